The Morgan fingerprint density at radius 1 is 1.21 bits per heavy atom. The summed E-state index contributed by atoms with van der Waals surface area (Å²) < 4.78 is 5.47. The molecule has 0 aliphatic rings. The zero-order valence-electron chi connectivity index (χ0n) is 10.3. The number of hydrogen-bond donors (Lipinski definition) is 1. The van der Waals surface area contributed by atoms with Crippen LogP contribution < -0.4 is 4.74 Å². The molecule has 0 fully saturated rings. The number of hydrogen-bond acceptors (Lipinski definition) is 4. The van der Waals surface area contributed by atoms with Crippen LogP contribution in [0.25, 0.3) is 0 Å². The molecule has 0 atom stereocenters. The van der Waals surface area contributed by atoms with Gasteiger partial charge in [-0.05, 0) is 37.1 Å². The second kappa shape index (κ2) is 5.24. The zero-order chi connectivity index (χ0) is 14.0. The number of aromatic nitrogens is 2. The standard InChI is InChI=1S/C13H11ClN2O3/c1-7-5-9(6-8(2)10(7)14)19-12-11(13(17)18)15-3-4-16-12/h3-6H,1-2H3,(H,17,18). The number of ether oxygens (including phenoxy) is 1. The monoisotopic (exact) mass is 278 g/mol. The molecule has 0 saturated carbocycles. The fourth-order valence-corrected chi connectivity index (χ4v) is 1.73. The first-order valence-electron chi connectivity index (χ1n) is 5.48. The summed E-state index contributed by atoms with van der Waals surface area (Å²) in [7, 11) is 0. The van der Waals surface area contributed by atoms with Gasteiger partial charge in [0.15, 0.2) is 0 Å². The maximum Gasteiger partial charge on any atom is 0.360 e. The molecule has 19 heavy (non-hydrogen) atoms. The molecule has 6 heteroatoms. The van der Waals surface area contributed by atoms with Crippen molar-refractivity contribution >= 4 is 17.6 Å². The number of carboxylic acid groups (broad SMARTS) is 1. The number of benzene rings is 1. The minimum atomic E-state index is -1.19. The van der Waals surface area contributed by atoms with Crippen LogP contribution in [0.15, 0.2) is 24.5 Å². The van der Waals surface area contributed by atoms with E-state index in [1.165, 1.54) is 12.4 Å². The van der Waals surface area contributed by atoms with Crippen LogP contribution in [0, 0.1) is 13.8 Å². The average Bonchev–Trinajstić information content (AvgIpc) is 2.36. The highest BCUT2D eigenvalue weighted by molar-refractivity contribution is 6.32. The fourth-order valence-electron chi connectivity index (χ4n) is 1.62. The molecular weight excluding hydrogens is 268 g/mol. The molecule has 0 spiro atoms. The predicted molar refractivity (Wildman–Crippen MR) is 70.0 cm³/mol. The third-order valence-corrected chi connectivity index (χ3v) is 3.09. The van der Waals surface area contributed by atoms with Crippen molar-refractivity contribution in [3.8, 4) is 11.6 Å². The number of rotatable bonds is 3. The summed E-state index contributed by atoms with van der Waals surface area (Å²) in [6.45, 7) is 3.69. The minimum absolute atomic E-state index is 0.0453. The second-order valence-electron chi connectivity index (χ2n) is 3.99. The van der Waals surface area contributed by atoms with Crippen molar-refractivity contribution in [3.63, 3.8) is 0 Å². The Morgan fingerprint density at radius 3 is 2.37 bits per heavy atom. The number of carbonyl (C=O) groups is 1. The number of carboxylic acids is 1. The van der Waals surface area contributed by atoms with Crippen LogP contribution in [0.1, 0.15) is 21.6 Å². The molecule has 1 heterocycles. The van der Waals surface area contributed by atoms with E-state index in [9.17, 15) is 4.79 Å². The van der Waals surface area contributed by atoms with Gasteiger partial charge in [-0.15, -0.1) is 0 Å². The van der Waals surface area contributed by atoms with Gasteiger partial charge in [0, 0.05) is 17.4 Å². The Bertz CT molecular complexity index is 621. The van der Waals surface area contributed by atoms with Gasteiger partial charge in [-0.3, -0.25) is 0 Å². The highest BCUT2D eigenvalue weighted by Crippen LogP contribution is 2.29. The molecule has 1 aromatic carbocycles. The van der Waals surface area contributed by atoms with Gasteiger partial charge in [0.2, 0.25) is 5.69 Å². The van der Waals surface area contributed by atoms with E-state index in [4.69, 9.17) is 21.4 Å². The Hall–Kier alpha value is -2.14. The molecule has 0 saturated heterocycles. The molecule has 0 unspecified atom stereocenters. The van der Waals surface area contributed by atoms with E-state index < -0.39 is 5.97 Å². The average molecular weight is 279 g/mol. The first-order valence-corrected chi connectivity index (χ1v) is 5.85. The van der Waals surface area contributed by atoms with Crippen LogP contribution in [0.2, 0.25) is 5.02 Å². The molecular formula is C13H11ClN2O3. The number of aryl methyl sites for hydroxylation is 2. The topological polar surface area (TPSA) is 72.3 Å². The number of nitrogens with zero attached hydrogens (tertiary/aromatic N) is 2. The number of aromatic carboxylic acids is 1. The van der Waals surface area contributed by atoms with Crippen molar-refractivity contribution in [2.45, 2.75) is 13.8 Å². The largest absolute Gasteiger partial charge is 0.476 e. The normalized spacial score (nSPS) is 10.3. The third-order valence-electron chi connectivity index (χ3n) is 2.49. The SMILES string of the molecule is Cc1cc(Oc2nccnc2C(=O)O)cc(C)c1Cl. The van der Waals surface area contributed by atoms with Crippen molar-refractivity contribution in [2.24, 2.45) is 0 Å². The summed E-state index contributed by atoms with van der Waals surface area (Å²) in [5.74, 6) is -0.760. The number of halogens is 1. The van der Waals surface area contributed by atoms with E-state index >= 15 is 0 Å². The molecule has 0 amide bonds. The molecule has 1 N–H and O–H groups in total. The summed E-state index contributed by atoms with van der Waals surface area (Å²) in [5.41, 5.74) is 1.46. The smallest absolute Gasteiger partial charge is 0.360 e. The van der Waals surface area contributed by atoms with Crippen LogP contribution in [0.5, 0.6) is 11.6 Å². The van der Waals surface area contributed by atoms with E-state index in [-0.39, 0.29) is 11.6 Å². The first-order chi connectivity index (χ1) is 8.99. The summed E-state index contributed by atoms with van der Waals surface area (Å²) in [5, 5.41) is 9.65. The highest BCUT2D eigenvalue weighted by atomic mass is 35.5. The van der Waals surface area contributed by atoms with Crippen molar-refractivity contribution in [1.29, 1.82) is 0 Å². The third kappa shape index (κ3) is 2.82. The fraction of sp³-hybridized carbons (Fsp3) is 0.154. The second-order valence-corrected chi connectivity index (χ2v) is 4.37. The Morgan fingerprint density at radius 2 is 1.79 bits per heavy atom. The molecule has 0 bridgehead atoms. The van der Waals surface area contributed by atoms with Gasteiger partial charge in [0.1, 0.15) is 5.75 Å². The molecule has 0 aliphatic carbocycles. The molecule has 0 aliphatic heterocycles. The van der Waals surface area contributed by atoms with Crippen molar-refractivity contribution < 1.29 is 14.6 Å². The van der Waals surface area contributed by atoms with Crippen molar-refractivity contribution in [3.05, 3.63) is 46.4 Å². The molecule has 2 rings (SSSR count). The van der Waals surface area contributed by atoms with E-state index in [1.807, 2.05) is 13.8 Å². The lowest BCUT2D eigenvalue weighted by Crippen LogP contribution is -2.04. The summed E-state index contributed by atoms with van der Waals surface area (Å²) >= 11 is 6.06. The van der Waals surface area contributed by atoms with Gasteiger partial charge in [-0.1, -0.05) is 11.6 Å². The van der Waals surface area contributed by atoms with E-state index in [0.29, 0.717) is 10.8 Å². The lowest BCUT2D eigenvalue weighted by molar-refractivity contribution is 0.0686. The van der Waals surface area contributed by atoms with Crippen LogP contribution in [-0.4, -0.2) is 21.0 Å². The lowest BCUT2D eigenvalue weighted by Gasteiger charge is -2.09. The van der Waals surface area contributed by atoms with Crippen molar-refractivity contribution in [2.75, 3.05) is 0 Å². The van der Waals surface area contributed by atoms with Gasteiger partial charge in [-0.25, -0.2) is 14.8 Å². The summed E-state index contributed by atoms with van der Waals surface area (Å²) in [4.78, 5) is 18.6. The van der Waals surface area contributed by atoms with Gasteiger partial charge in [0.25, 0.3) is 5.88 Å². The molecule has 2 aromatic rings. The predicted octanol–water partition coefficient (Wildman–Crippen LogP) is 3.24. The molecule has 5 nitrogen and oxygen atoms in total. The molecule has 1 aromatic heterocycles. The Kier molecular flexibility index (Phi) is 3.66. The molecule has 0 radical (unpaired) electrons. The quantitative estimate of drug-likeness (QED) is 0.933. The van der Waals surface area contributed by atoms with Crippen molar-refractivity contribution in [1.82, 2.24) is 9.97 Å². The minimum Gasteiger partial charge on any atom is -0.476 e. The summed E-state index contributed by atoms with van der Waals surface area (Å²) in [6.07, 6.45) is 2.67. The van der Waals surface area contributed by atoms with E-state index in [2.05, 4.69) is 9.97 Å². The van der Waals surface area contributed by atoms with Gasteiger partial charge in [0.05, 0.1) is 0 Å². The van der Waals surface area contributed by atoms with Gasteiger partial charge in [-0.2, -0.15) is 0 Å². The maximum atomic E-state index is 11.0. The van der Waals surface area contributed by atoms with Crippen LogP contribution in [-0.2, 0) is 0 Å². The van der Waals surface area contributed by atoms with E-state index in [0.717, 1.165) is 11.1 Å². The van der Waals surface area contributed by atoms with Gasteiger partial charge < -0.3 is 9.84 Å². The van der Waals surface area contributed by atoms with Gasteiger partial charge >= 0.3 is 5.97 Å². The zero-order valence-corrected chi connectivity index (χ0v) is 11.1. The van der Waals surface area contributed by atoms with Crippen LogP contribution in [0.3, 0.4) is 0 Å². The lowest BCUT2D eigenvalue weighted by atomic mass is 10.1. The van der Waals surface area contributed by atoms with E-state index in [1.54, 1.807) is 12.1 Å². The van der Waals surface area contributed by atoms with Crippen LogP contribution >= 0.6 is 11.6 Å². The van der Waals surface area contributed by atoms with Crippen LogP contribution in [0.4, 0.5) is 0 Å². The Labute approximate surface area is 114 Å². The first kappa shape index (κ1) is 13.3. The maximum absolute atomic E-state index is 11.0. The Balaban J connectivity index is 2.39. The summed E-state index contributed by atoms with van der Waals surface area (Å²) in [6, 6.07) is 3.44. The molecule has 98 valence electrons. The highest BCUT2D eigenvalue weighted by Gasteiger charge is 2.15.